The molecule has 122 valence electrons. The van der Waals surface area contributed by atoms with E-state index < -0.39 is 0 Å². The highest BCUT2D eigenvalue weighted by atomic mass is 35.5. The maximum absolute atomic E-state index is 6.30. The molecule has 2 aromatic carbocycles. The van der Waals surface area contributed by atoms with E-state index in [1.54, 1.807) is 4.68 Å². The van der Waals surface area contributed by atoms with E-state index in [0.29, 0.717) is 27.6 Å². The third-order valence-electron chi connectivity index (χ3n) is 3.85. The maximum atomic E-state index is 6.30. The van der Waals surface area contributed by atoms with E-state index >= 15 is 0 Å². The molecule has 0 bridgehead atoms. The van der Waals surface area contributed by atoms with Crippen molar-refractivity contribution in [2.75, 3.05) is 5.43 Å². The van der Waals surface area contributed by atoms with Gasteiger partial charge in [-0.25, -0.2) is 4.68 Å². The average molecular weight is 368 g/mol. The lowest BCUT2D eigenvalue weighted by Gasteiger charge is -2.15. The number of halogens is 1. The van der Waals surface area contributed by atoms with E-state index in [0.717, 1.165) is 16.0 Å². The van der Waals surface area contributed by atoms with E-state index in [1.807, 2.05) is 54.6 Å². The molecule has 0 fully saturated rings. The summed E-state index contributed by atoms with van der Waals surface area (Å²) in [7, 11) is 0. The average Bonchev–Trinajstić information content (AvgIpc) is 3.25. The van der Waals surface area contributed by atoms with Gasteiger partial charge in [-0.15, -0.1) is 10.2 Å². The minimum Gasteiger partial charge on any atom is -0.335 e. The Morgan fingerprint density at radius 1 is 1.00 bits per heavy atom. The minimum absolute atomic E-state index is 0.546. The molecule has 2 aromatic heterocycles. The molecule has 0 radical (unpaired) electrons. The van der Waals surface area contributed by atoms with E-state index in [4.69, 9.17) is 16.1 Å². The van der Waals surface area contributed by atoms with Gasteiger partial charge in [0.1, 0.15) is 10.6 Å². The number of rotatable bonds is 2. The number of nitrogens with zero attached hydrogens (tertiary/aromatic N) is 4. The molecule has 0 amide bonds. The van der Waals surface area contributed by atoms with Gasteiger partial charge in [0.15, 0.2) is 5.82 Å². The summed E-state index contributed by atoms with van der Waals surface area (Å²) in [6.07, 6.45) is 0. The van der Waals surface area contributed by atoms with Crippen molar-refractivity contribution in [1.29, 1.82) is 0 Å². The second-order valence-electron chi connectivity index (χ2n) is 5.39. The first-order valence-electron chi connectivity index (χ1n) is 7.51. The zero-order valence-corrected chi connectivity index (χ0v) is 14.3. The molecule has 4 aromatic rings. The topological polar surface area (TPSA) is 68.8 Å². The lowest BCUT2D eigenvalue weighted by Crippen LogP contribution is -2.15. The van der Waals surface area contributed by atoms with Gasteiger partial charge < -0.3 is 4.52 Å². The van der Waals surface area contributed by atoms with Crippen molar-refractivity contribution in [3.8, 4) is 22.6 Å². The van der Waals surface area contributed by atoms with E-state index in [9.17, 15) is 0 Å². The number of benzene rings is 2. The molecular weight excluding hydrogens is 358 g/mol. The Labute approximate surface area is 151 Å². The Balaban J connectivity index is 1.58. The van der Waals surface area contributed by atoms with Crippen molar-refractivity contribution in [1.82, 2.24) is 20.0 Å². The highest BCUT2D eigenvalue weighted by molar-refractivity contribution is 7.99. The van der Waals surface area contributed by atoms with Crippen LogP contribution in [0.4, 0.5) is 5.88 Å². The van der Waals surface area contributed by atoms with Crippen molar-refractivity contribution in [2.45, 2.75) is 10.1 Å². The van der Waals surface area contributed by atoms with Crippen LogP contribution >= 0.6 is 23.4 Å². The summed E-state index contributed by atoms with van der Waals surface area (Å²) in [5.41, 5.74) is 5.67. The number of hydrogen-bond donors (Lipinski definition) is 1. The molecule has 1 aliphatic heterocycles. The summed E-state index contributed by atoms with van der Waals surface area (Å²) in [4.78, 5) is 0.840. The van der Waals surface area contributed by atoms with Gasteiger partial charge in [-0.05, 0) is 17.8 Å². The molecule has 0 saturated heterocycles. The largest absolute Gasteiger partial charge is 0.335 e. The van der Waals surface area contributed by atoms with Crippen LogP contribution < -0.4 is 5.43 Å². The molecule has 0 spiro atoms. The SMILES string of the molecule is Clc1ccccc1-c1noc2c1Sc1nnc(-c3ccccc3)n1N2. The lowest BCUT2D eigenvalue weighted by atomic mass is 10.1. The van der Waals surface area contributed by atoms with Crippen molar-refractivity contribution in [3.05, 3.63) is 59.6 Å². The minimum atomic E-state index is 0.546. The van der Waals surface area contributed by atoms with Crippen LogP contribution in [0, 0.1) is 0 Å². The first kappa shape index (κ1) is 14.6. The smallest absolute Gasteiger partial charge is 0.258 e. The number of anilines is 1. The summed E-state index contributed by atoms with van der Waals surface area (Å²) in [6, 6.07) is 17.4. The molecule has 0 unspecified atom stereocenters. The van der Waals surface area contributed by atoms with Crippen molar-refractivity contribution >= 4 is 29.2 Å². The summed E-state index contributed by atoms with van der Waals surface area (Å²) in [5, 5.41) is 14.1. The van der Waals surface area contributed by atoms with Gasteiger partial charge in [-0.1, -0.05) is 65.3 Å². The third-order valence-corrected chi connectivity index (χ3v) is 5.21. The van der Waals surface area contributed by atoms with Crippen LogP contribution in [-0.2, 0) is 0 Å². The van der Waals surface area contributed by atoms with Gasteiger partial charge in [0.05, 0.1) is 5.02 Å². The molecule has 0 aliphatic carbocycles. The van der Waals surface area contributed by atoms with Crippen LogP contribution in [0.2, 0.25) is 5.02 Å². The Bertz CT molecular complexity index is 1080. The predicted molar refractivity (Wildman–Crippen MR) is 95.6 cm³/mol. The number of nitrogens with one attached hydrogen (secondary N) is 1. The zero-order valence-electron chi connectivity index (χ0n) is 12.7. The van der Waals surface area contributed by atoms with Crippen molar-refractivity contribution in [3.63, 3.8) is 0 Å². The fraction of sp³-hybridized carbons (Fsp3) is 0. The molecule has 5 rings (SSSR count). The van der Waals surface area contributed by atoms with Crippen LogP contribution in [-0.4, -0.2) is 20.0 Å². The molecule has 0 atom stereocenters. The summed E-state index contributed by atoms with van der Waals surface area (Å²) >= 11 is 7.74. The van der Waals surface area contributed by atoms with Gasteiger partial charge >= 0.3 is 0 Å². The standard InChI is InChI=1S/C17H10ClN5OS/c18-12-9-5-4-8-11(12)13-14-16(24-22-13)21-23-15(19-20-17(23)25-14)10-6-2-1-3-7-10/h1-9,21H. The molecular formula is C17H10ClN5OS. The van der Waals surface area contributed by atoms with Gasteiger partial charge in [0.25, 0.3) is 5.88 Å². The first-order chi connectivity index (χ1) is 12.3. The number of fused-ring (bicyclic) bond motifs is 2. The zero-order chi connectivity index (χ0) is 16.8. The summed E-state index contributed by atoms with van der Waals surface area (Å²) in [5.74, 6) is 1.26. The van der Waals surface area contributed by atoms with Crippen LogP contribution in [0.5, 0.6) is 0 Å². The molecule has 1 N–H and O–H groups in total. The van der Waals surface area contributed by atoms with Crippen LogP contribution in [0.3, 0.4) is 0 Å². The fourth-order valence-corrected chi connectivity index (χ4v) is 3.81. The van der Waals surface area contributed by atoms with Crippen molar-refractivity contribution in [2.24, 2.45) is 0 Å². The van der Waals surface area contributed by atoms with Crippen LogP contribution in [0.25, 0.3) is 22.6 Å². The Kier molecular flexibility index (Phi) is 3.29. The maximum Gasteiger partial charge on any atom is 0.258 e. The fourth-order valence-electron chi connectivity index (χ4n) is 2.68. The van der Waals surface area contributed by atoms with E-state index in [2.05, 4.69) is 20.8 Å². The molecule has 6 nitrogen and oxygen atoms in total. The Morgan fingerprint density at radius 2 is 1.80 bits per heavy atom. The normalized spacial score (nSPS) is 12.4. The highest BCUT2D eigenvalue weighted by Gasteiger charge is 2.29. The Morgan fingerprint density at radius 3 is 2.64 bits per heavy atom. The van der Waals surface area contributed by atoms with Gasteiger partial charge in [0, 0.05) is 11.1 Å². The second kappa shape index (κ2) is 5.65. The summed E-state index contributed by atoms with van der Waals surface area (Å²) in [6.45, 7) is 0. The van der Waals surface area contributed by atoms with Crippen LogP contribution in [0.1, 0.15) is 0 Å². The van der Waals surface area contributed by atoms with Gasteiger partial charge in [-0.2, -0.15) is 0 Å². The monoisotopic (exact) mass is 367 g/mol. The van der Waals surface area contributed by atoms with Gasteiger partial charge in [-0.3, -0.25) is 5.43 Å². The van der Waals surface area contributed by atoms with E-state index in [-0.39, 0.29) is 0 Å². The molecule has 3 heterocycles. The highest BCUT2D eigenvalue weighted by Crippen LogP contribution is 2.45. The Hall–Kier alpha value is -2.77. The van der Waals surface area contributed by atoms with E-state index in [1.165, 1.54) is 11.8 Å². The third kappa shape index (κ3) is 2.32. The molecule has 25 heavy (non-hydrogen) atoms. The van der Waals surface area contributed by atoms with Crippen molar-refractivity contribution < 1.29 is 4.52 Å². The molecule has 1 aliphatic rings. The quantitative estimate of drug-likeness (QED) is 0.492. The molecule has 0 saturated carbocycles. The first-order valence-corrected chi connectivity index (χ1v) is 8.71. The predicted octanol–water partition coefficient (Wildman–Crippen LogP) is 4.59. The van der Waals surface area contributed by atoms with Gasteiger partial charge in [0.2, 0.25) is 5.16 Å². The second-order valence-corrected chi connectivity index (χ2v) is 6.78. The number of aromatic nitrogens is 4. The van der Waals surface area contributed by atoms with Crippen LogP contribution in [0.15, 0.2) is 69.2 Å². The molecule has 8 heteroatoms. The lowest BCUT2D eigenvalue weighted by molar-refractivity contribution is 0.428. The number of hydrogen-bond acceptors (Lipinski definition) is 6. The summed E-state index contributed by atoms with van der Waals surface area (Å²) < 4.78 is 7.29.